The van der Waals surface area contributed by atoms with Crippen molar-refractivity contribution in [2.75, 3.05) is 11.5 Å². The normalized spacial score (nSPS) is 29.9. The molecule has 1 saturated heterocycles. The molecular formula is C6H10O5S. The molecule has 70 valence electrons. The summed E-state index contributed by atoms with van der Waals surface area (Å²) < 4.78 is 21.7. The first-order valence-corrected chi connectivity index (χ1v) is 5.36. The van der Waals surface area contributed by atoms with Gasteiger partial charge in [0.15, 0.2) is 15.9 Å². The number of carboxylic acids is 1. The van der Waals surface area contributed by atoms with E-state index in [0.29, 0.717) is 0 Å². The van der Waals surface area contributed by atoms with Crippen molar-refractivity contribution >= 4 is 15.8 Å². The van der Waals surface area contributed by atoms with Crippen molar-refractivity contribution in [1.82, 2.24) is 0 Å². The standard InChI is InChI=1S/C6H10O5S/c7-5(6(8)9)4-1-2-12(10,11)3-4/h4-5,7H,1-3H2,(H,8,9). The van der Waals surface area contributed by atoms with Crippen molar-refractivity contribution in [3.8, 4) is 0 Å². The lowest BCUT2D eigenvalue weighted by Crippen LogP contribution is -2.29. The number of rotatable bonds is 2. The highest BCUT2D eigenvalue weighted by Crippen LogP contribution is 2.21. The molecule has 0 saturated carbocycles. The van der Waals surface area contributed by atoms with Crippen LogP contribution in [0.4, 0.5) is 0 Å². The third kappa shape index (κ3) is 1.95. The molecule has 1 heterocycles. The average molecular weight is 194 g/mol. The number of sulfone groups is 1. The van der Waals surface area contributed by atoms with Crippen LogP contribution in [0.5, 0.6) is 0 Å². The molecule has 2 unspecified atom stereocenters. The Hall–Kier alpha value is -0.620. The molecule has 6 heteroatoms. The minimum Gasteiger partial charge on any atom is -0.479 e. The number of carboxylic acid groups (broad SMARTS) is 1. The molecule has 0 bridgehead atoms. The summed E-state index contributed by atoms with van der Waals surface area (Å²) in [6.45, 7) is 0. The fourth-order valence-corrected chi connectivity index (χ4v) is 3.10. The Morgan fingerprint density at radius 2 is 2.08 bits per heavy atom. The van der Waals surface area contributed by atoms with E-state index in [1.807, 2.05) is 0 Å². The van der Waals surface area contributed by atoms with Gasteiger partial charge >= 0.3 is 5.97 Å². The predicted octanol–water partition coefficient (Wildman–Crippen LogP) is -1.13. The smallest absolute Gasteiger partial charge is 0.332 e. The summed E-state index contributed by atoms with van der Waals surface area (Å²) in [6, 6.07) is 0. The molecule has 12 heavy (non-hydrogen) atoms. The zero-order valence-electron chi connectivity index (χ0n) is 6.30. The Bertz CT molecular complexity index is 280. The Labute approximate surface area is 69.9 Å². The fourth-order valence-electron chi connectivity index (χ4n) is 1.27. The highest BCUT2D eigenvalue weighted by Gasteiger charge is 2.35. The van der Waals surface area contributed by atoms with E-state index >= 15 is 0 Å². The Kier molecular flexibility index (Phi) is 2.39. The van der Waals surface area contributed by atoms with Gasteiger partial charge in [0.05, 0.1) is 11.5 Å². The summed E-state index contributed by atoms with van der Waals surface area (Å²) in [6.07, 6.45) is -1.29. The van der Waals surface area contributed by atoms with Crippen LogP contribution in [0.15, 0.2) is 0 Å². The number of aliphatic hydroxyl groups excluding tert-OH is 1. The largest absolute Gasteiger partial charge is 0.479 e. The van der Waals surface area contributed by atoms with Gasteiger partial charge in [-0.2, -0.15) is 0 Å². The molecule has 0 amide bonds. The third-order valence-corrected chi connectivity index (χ3v) is 3.76. The van der Waals surface area contributed by atoms with E-state index in [4.69, 9.17) is 10.2 Å². The van der Waals surface area contributed by atoms with Gasteiger partial charge in [-0.1, -0.05) is 0 Å². The molecule has 0 radical (unpaired) electrons. The lowest BCUT2D eigenvalue weighted by Gasteiger charge is -2.10. The van der Waals surface area contributed by atoms with Gasteiger partial charge in [-0.05, 0) is 6.42 Å². The van der Waals surface area contributed by atoms with Crippen LogP contribution in [0.1, 0.15) is 6.42 Å². The topological polar surface area (TPSA) is 91.7 Å². The van der Waals surface area contributed by atoms with E-state index in [-0.39, 0.29) is 17.9 Å². The van der Waals surface area contributed by atoms with E-state index in [9.17, 15) is 13.2 Å². The Morgan fingerprint density at radius 1 is 1.50 bits per heavy atom. The van der Waals surface area contributed by atoms with Gasteiger partial charge in [0.1, 0.15) is 0 Å². The second-order valence-electron chi connectivity index (χ2n) is 2.95. The van der Waals surface area contributed by atoms with Crippen molar-refractivity contribution in [2.24, 2.45) is 5.92 Å². The number of aliphatic hydroxyl groups is 1. The summed E-state index contributed by atoms with van der Waals surface area (Å²) in [5.41, 5.74) is 0. The minimum absolute atomic E-state index is 0.0119. The van der Waals surface area contributed by atoms with Crippen molar-refractivity contribution in [1.29, 1.82) is 0 Å². The molecule has 1 fully saturated rings. The first kappa shape index (κ1) is 9.47. The molecule has 2 atom stereocenters. The lowest BCUT2D eigenvalue weighted by molar-refractivity contribution is -0.149. The van der Waals surface area contributed by atoms with Crippen LogP contribution in [0.3, 0.4) is 0 Å². The lowest BCUT2D eigenvalue weighted by atomic mass is 10.0. The van der Waals surface area contributed by atoms with Gasteiger partial charge in [0.2, 0.25) is 0 Å². The summed E-state index contributed by atoms with van der Waals surface area (Å²) in [4.78, 5) is 10.3. The Morgan fingerprint density at radius 3 is 2.42 bits per heavy atom. The van der Waals surface area contributed by atoms with Crippen LogP contribution < -0.4 is 0 Å². The van der Waals surface area contributed by atoms with E-state index in [1.54, 1.807) is 0 Å². The van der Waals surface area contributed by atoms with Crippen LogP contribution >= 0.6 is 0 Å². The molecule has 1 aliphatic rings. The van der Waals surface area contributed by atoms with E-state index < -0.39 is 27.8 Å². The van der Waals surface area contributed by atoms with E-state index in [2.05, 4.69) is 0 Å². The molecular weight excluding hydrogens is 184 g/mol. The monoisotopic (exact) mass is 194 g/mol. The molecule has 0 aliphatic carbocycles. The fraction of sp³-hybridized carbons (Fsp3) is 0.833. The first-order chi connectivity index (χ1) is 5.42. The zero-order chi connectivity index (χ0) is 9.35. The van der Waals surface area contributed by atoms with Gasteiger partial charge in [-0.25, -0.2) is 13.2 Å². The number of hydrogen-bond donors (Lipinski definition) is 2. The number of aliphatic carboxylic acids is 1. The maximum atomic E-state index is 10.9. The molecule has 0 aromatic carbocycles. The second-order valence-corrected chi connectivity index (χ2v) is 5.17. The first-order valence-electron chi connectivity index (χ1n) is 3.54. The van der Waals surface area contributed by atoms with Crippen molar-refractivity contribution in [3.05, 3.63) is 0 Å². The number of hydrogen-bond acceptors (Lipinski definition) is 4. The molecule has 0 aromatic rings. The highest BCUT2D eigenvalue weighted by molar-refractivity contribution is 7.91. The molecule has 5 nitrogen and oxygen atoms in total. The quantitative estimate of drug-likeness (QED) is 0.580. The third-order valence-electron chi connectivity index (χ3n) is 1.97. The summed E-state index contributed by atoms with van der Waals surface area (Å²) in [5.74, 6) is -2.20. The van der Waals surface area contributed by atoms with Gasteiger partial charge in [0.25, 0.3) is 0 Å². The predicted molar refractivity (Wildman–Crippen MR) is 40.4 cm³/mol. The Balaban J connectivity index is 2.64. The van der Waals surface area contributed by atoms with Crippen LogP contribution in [-0.4, -0.2) is 42.2 Å². The van der Waals surface area contributed by atoms with Gasteiger partial charge in [0, 0.05) is 5.92 Å². The molecule has 0 aromatic heterocycles. The molecule has 2 N–H and O–H groups in total. The minimum atomic E-state index is -3.10. The molecule has 1 rings (SSSR count). The number of carbonyl (C=O) groups is 1. The second kappa shape index (κ2) is 3.02. The van der Waals surface area contributed by atoms with Crippen molar-refractivity contribution in [2.45, 2.75) is 12.5 Å². The maximum absolute atomic E-state index is 10.9. The average Bonchev–Trinajstić information content (AvgIpc) is 2.28. The van der Waals surface area contributed by atoms with Crippen molar-refractivity contribution in [3.63, 3.8) is 0 Å². The SMILES string of the molecule is O=C(O)C(O)C1CCS(=O)(=O)C1. The summed E-state index contributed by atoms with van der Waals surface area (Å²) in [7, 11) is -3.10. The highest BCUT2D eigenvalue weighted by atomic mass is 32.2. The molecule has 1 aliphatic heterocycles. The van der Waals surface area contributed by atoms with Crippen LogP contribution in [-0.2, 0) is 14.6 Å². The zero-order valence-corrected chi connectivity index (χ0v) is 7.12. The summed E-state index contributed by atoms with van der Waals surface area (Å²) >= 11 is 0. The van der Waals surface area contributed by atoms with E-state index in [1.165, 1.54) is 0 Å². The summed E-state index contributed by atoms with van der Waals surface area (Å²) in [5, 5.41) is 17.4. The van der Waals surface area contributed by atoms with Gasteiger partial charge in [-0.15, -0.1) is 0 Å². The van der Waals surface area contributed by atoms with E-state index in [0.717, 1.165) is 0 Å². The van der Waals surface area contributed by atoms with Gasteiger partial charge < -0.3 is 10.2 Å². The van der Waals surface area contributed by atoms with Gasteiger partial charge in [-0.3, -0.25) is 0 Å². The van der Waals surface area contributed by atoms with Crippen molar-refractivity contribution < 1.29 is 23.4 Å². The van der Waals surface area contributed by atoms with Crippen LogP contribution in [0, 0.1) is 5.92 Å². The molecule has 0 spiro atoms. The van der Waals surface area contributed by atoms with Crippen LogP contribution in [0.2, 0.25) is 0 Å². The van der Waals surface area contributed by atoms with Crippen LogP contribution in [0.25, 0.3) is 0 Å². The maximum Gasteiger partial charge on any atom is 0.332 e.